The van der Waals surface area contributed by atoms with Gasteiger partial charge < -0.3 is 9.47 Å². The first-order valence-electron chi connectivity index (χ1n) is 8.41. The summed E-state index contributed by atoms with van der Waals surface area (Å²) in [6.45, 7) is 17.7. The van der Waals surface area contributed by atoms with Crippen LogP contribution in [0.25, 0.3) is 0 Å². The zero-order valence-electron chi connectivity index (χ0n) is 15.0. The molecule has 20 heavy (non-hydrogen) atoms. The minimum absolute atomic E-state index is 0.148. The van der Waals surface area contributed by atoms with Gasteiger partial charge in [0.2, 0.25) is 0 Å². The smallest absolute Gasteiger partial charge is 0.169 e. The third-order valence-corrected chi connectivity index (χ3v) is 5.29. The van der Waals surface area contributed by atoms with E-state index in [1.54, 1.807) is 0 Å². The van der Waals surface area contributed by atoms with Crippen molar-refractivity contribution in [3.05, 3.63) is 0 Å². The van der Waals surface area contributed by atoms with Gasteiger partial charge in [0.15, 0.2) is 5.79 Å². The maximum atomic E-state index is 6.59. The number of rotatable bonds is 6. The van der Waals surface area contributed by atoms with E-state index in [1.807, 2.05) is 0 Å². The Labute approximate surface area is 126 Å². The van der Waals surface area contributed by atoms with Gasteiger partial charge in [0, 0.05) is 12.8 Å². The zero-order chi connectivity index (χ0) is 15.6. The summed E-state index contributed by atoms with van der Waals surface area (Å²) in [6.07, 6.45) is 5.78. The highest BCUT2D eigenvalue weighted by molar-refractivity contribution is 4.86. The molecular weight excluding hydrogens is 248 g/mol. The topological polar surface area (TPSA) is 18.5 Å². The first-order chi connectivity index (χ1) is 9.01. The third-order valence-electron chi connectivity index (χ3n) is 5.29. The average molecular weight is 284 g/mol. The number of hydrogen-bond donors (Lipinski definition) is 0. The van der Waals surface area contributed by atoms with E-state index >= 15 is 0 Å². The first kappa shape index (κ1) is 18.0. The fraction of sp³-hybridized carbons (Fsp3) is 1.00. The van der Waals surface area contributed by atoms with Gasteiger partial charge in [0.05, 0.1) is 11.2 Å². The molecule has 1 aliphatic rings. The Hall–Kier alpha value is -0.0800. The molecule has 0 bridgehead atoms. The van der Waals surface area contributed by atoms with Crippen LogP contribution in [0, 0.1) is 11.8 Å². The molecule has 1 aliphatic carbocycles. The molecule has 1 rings (SSSR count). The molecule has 1 saturated carbocycles. The Morgan fingerprint density at radius 1 is 0.700 bits per heavy atom. The summed E-state index contributed by atoms with van der Waals surface area (Å²) >= 11 is 0. The van der Waals surface area contributed by atoms with Crippen molar-refractivity contribution in [2.24, 2.45) is 11.8 Å². The van der Waals surface area contributed by atoms with Crippen molar-refractivity contribution in [1.29, 1.82) is 0 Å². The largest absolute Gasteiger partial charge is 0.344 e. The van der Waals surface area contributed by atoms with Crippen LogP contribution in [-0.4, -0.2) is 17.0 Å². The van der Waals surface area contributed by atoms with E-state index in [0.29, 0.717) is 11.8 Å². The van der Waals surface area contributed by atoms with Crippen LogP contribution in [0.3, 0.4) is 0 Å². The van der Waals surface area contributed by atoms with E-state index in [2.05, 4.69) is 55.4 Å². The van der Waals surface area contributed by atoms with E-state index < -0.39 is 0 Å². The van der Waals surface area contributed by atoms with Gasteiger partial charge in [0.25, 0.3) is 0 Å². The summed E-state index contributed by atoms with van der Waals surface area (Å²) in [5.41, 5.74) is -0.297. The monoisotopic (exact) mass is 284 g/mol. The van der Waals surface area contributed by atoms with Gasteiger partial charge in [0.1, 0.15) is 0 Å². The molecule has 0 spiro atoms. The van der Waals surface area contributed by atoms with Gasteiger partial charge in [-0.3, -0.25) is 0 Å². The first-order valence-corrected chi connectivity index (χ1v) is 8.41. The minimum atomic E-state index is -0.389. The van der Waals surface area contributed by atoms with Gasteiger partial charge in [-0.2, -0.15) is 0 Å². The predicted octanol–water partition coefficient (Wildman–Crippen LogP) is 5.55. The molecule has 0 N–H and O–H groups in total. The molecule has 2 nitrogen and oxygen atoms in total. The summed E-state index contributed by atoms with van der Waals surface area (Å²) in [7, 11) is 0. The van der Waals surface area contributed by atoms with E-state index in [4.69, 9.17) is 9.47 Å². The van der Waals surface area contributed by atoms with Crippen molar-refractivity contribution in [3.8, 4) is 0 Å². The molecule has 0 saturated heterocycles. The number of ether oxygens (including phenoxy) is 2. The molecule has 0 aliphatic heterocycles. The highest BCUT2D eigenvalue weighted by Gasteiger charge is 2.44. The fourth-order valence-corrected chi connectivity index (χ4v) is 2.51. The Kier molecular flexibility index (Phi) is 5.71. The molecule has 1 fully saturated rings. The molecule has 2 heteroatoms. The van der Waals surface area contributed by atoms with Crippen LogP contribution in [0.4, 0.5) is 0 Å². The molecule has 0 heterocycles. The van der Waals surface area contributed by atoms with Crippen molar-refractivity contribution in [3.63, 3.8) is 0 Å². The molecular formula is C18H36O2. The molecule has 0 unspecified atom stereocenters. The van der Waals surface area contributed by atoms with Crippen LogP contribution in [0.5, 0.6) is 0 Å². The lowest BCUT2D eigenvalue weighted by atomic mass is 9.88. The zero-order valence-corrected chi connectivity index (χ0v) is 15.0. The van der Waals surface area contributed by atoms with Crippen LogP contribution in [0.1, 0.15) is 87.5 Å². The lowest BCUT2D eigenvalue weighted by molar-refractivity contribution is -0.340. The van der Waals surface area contributed by atoms with Crippen LogP contribution in [0.15, 0.2) is 0 Å². The fourth-order valence-electron chi connectivity index (χ4n) is 2.51. The second kappa shape index (κ2) is 6.36. The maximum Gasteiger partial charge on any atom is 0.169 e. The molecule has 0 aromatic carbocycles. The quantitative estimate of drug-likeness (QED) is 0.595. The predicted molar refractivity (Wildman–Crippen MR) is 85.8 cm³/mol. The summed E-state index contributed by atoms with van der Waals surface area (Å²) in [4.78, 5) is 0. The Morgan fingerprint density at radius 2 is 1.05 bits per heavy atom. The van der Waals surface area contributed by atoms with Crippen LogP contribution in [-0.2, 0) is 9.47 Å². The van der Waals surface area contributed by atoms with E-state index in [0.717, 1.165) is 12.8 Å². The molecule has 120 valence electrons. The molecule has 0 aromatic rings. The molecule has 0 atom stereocenters. The highest BCUT2D eigenvalue weighted by Crippen LogP contribution is 2.42. The minimum Gasteiger partial charge on any atom is -0.344 e. The SMILES string of the molecule is CC(C)C(C)(C)OC1(OC(C)(C)C(C)C)CCCCC1. The van der Waals surface area contributed by atoms with Crippen molar-refractivity contribution in [2.75, 3.05) is 0 Å². The molecule has 0 radical (unpaired) electrons. The van der Waals surface area contributed by atoms with Crippen molar-refractivity contribution >= 4 is 0 Å². The summed E-state index contributed by atoms with van der Waals surface area (Å²) in [5, 5.41) is 0. The van der Waals surface area contributed by atoms with Gasteiger partial charge in [-0.1, -0.05) is 34.1 Å². The van der Waals surface area contributed by atoms with E-state index in [9.17, 15) is 0 Å². The molecule has 0 amide bonds. The third kappa shape index (κ3) is 4.46. The average Bonchev–Trinajstić information content (AvgIpc) is 2.27. The van der Waals surface area contributed by atoms with Crippen LogP contribution in [0.2, 0.25) is 0 Å². The second-order valence-corrected chi connectivity index (χ2v) is 8.19. The Balaban J connectivity index is 2.93. The van der Waals surface area contributed by atoms with Crippen LogP contribution < -0.4 is 0 Å². The summed E-state index contributed by atoms with van der Waals surface area (Å²) in [6, 6.07) is 0. The Bertz CT molecular complexity index is 273. The van der Waals surface area contributed by atoms with Crippen molar-refractivity contribution < 1.29 is 9.47 Å². The van der Waals surface area contributed by atoms with E-state index in [1.165, 1.54) is 19.3 Å². The van der Waals surface area contributed by atoms with E-state index in [-0.39, 0.29) is 17.0 Å². The maximum absolute atomic E-state index is 6.59. The van der Waals surface area contributed by atoms with Gasteiger partial charge in [-0.25, -0.2) is 0 Å². The molecule has 0 aromatic heterocycles. The van der Waals surface area contributed by atoms with Gasteiger partial charge >= 0.3 is 0 Å². The van der Waals surface area contributed by atoms with Crippen molar-refractivity contribution in [2.45, 2.75) is 104 Å². The van der Waals surface area contributed by atoms with Gasteiger partial charge in [-0.05, 0) is 52.4 Å². The van der Waals surface area contributed by atoms with Gasteiger partial charge in [-0.15, -0.1) is 0 Å². The van der Waals surface area contributed by atoms with Crippen molar-refractivity contribution in [1.82, 2.24) is 0 Å². The summed E-state index contributed by atoms with van der Waals surface area (Å²) in [5.74, 6) is 0.568. The number of hydrogen-bond acceptors (Lipinski definition) is 2. The Morgan fingerprint density at radius 3 is 1.35 bits per heavy atom. The lowest BCUT2D eigenvalue weighted by Gasteiger charge is -2.49. The van der Waals surface area contributed by atoms with Crippen LogP contribution >= 0.6 is 0 Å². The standard InChI is InChI=1S/C18H36O2/c1-14(2)16(5,6)19-18(12-10-9-11-13-18)20-17(7,8)15(3)4/h14-15H,9-13H2,1-8H3. The normalized spacial score (nSPS) is 20.7. The summed E-state index contributed by atoms with van der Waals surface area (Å²) < 4.78 is 13.2. The highest BCUT2D eigenvalue weighted by atomic mass is 16.7. The lowest BCUT2D eigenvalue weighted by Crippen LogP contribution is -2.52. The second-order valence-electron chi connectivity index (χ2n) is 8.19.